The Bertz CT molecular complexity index is 1210. The number of hydrogen-bond donors (Lipinski definition) is 2. The molecule has 1 aliphatic rings. The molecule has 186 valence electrons. The topological polar surface area (TPSA) is 105 Å². The van der Waals surface area contributed by atoms with E-state index >= 15 is 0 Å². The van der Waals surface area contributed by atoms with Crippen molar-refractivity contribution in [2.24, 2.45) is 0 Å². The molecule has 2 N–H and O–H groups in total. The van der Waals surface area contributed by atoms with Crippen LogP contribution in [0.3, 0.4) is 0 Å². The predicted octanol–water partition coefficient (Wildman–Crippen LogP) is 3.77. The number of hydrazine groups is 1. The first-order chi connectivity index (χ1) is 16.7. The Balaban J connectivity index is 1.39. The van der Waals surface area contributed by atoms with E-state index in [1.165, 1.54) is 23.9 Å². The summed E-state index contributed by atoms with van der Waals surface area (Å²) >= 11 is 6.64. The number of nitrogens with zero attached hydrogens (tertiary/aromatic N) is 1. The molecule has 1 aliphatic heterocycles. The van der Waals surface area contributed by atoms with Gasteiger partial charge in [-0.25, -0.2) is 8.42 Å². The van der Waals surface area contributed by atoms with E-state index in [1.54, 1.807) is 30.2 Å². The summed E-state index contributed by atoms with van der Waals surface area (Å²) in [5, 5.41) is 0. The van der Waals surface area contributed by atoms with Crippen LogP contribution in [0.25, 0.3) is 6.08 Å². The van der Waals surface area contributed by atoms with E-state index in [9.17, 15) is 18.0 Å². The average Bonchev–Trinajstić information content (AvgIpc) is 3.10. The van der Waals surface area contributed by atoms with Crippen molar-refractivity contribution in [2.45, 2.75) is 37.5 Å². The highest BCUT2D eigenvalue weighted by Crippen LogP contribution is 2.33. The number of ether oxygens (including phenoxy) is 1. The number of hydrogen-bond acceptors (Lipinski definition) is 7. The maximum absolute atomic E-state index is 12.7. The molecular weight excluding hydrogens is 506 g/mol. The van der Waals surface area contributed by atoms with Crippen LogP contribution >= 0.6 is 24.0 Å². The molecule has 2 aromatic rings. The molecule has 1 fully saturated rings. The zero-order chi connectivity index (χ0) is 25.4. The van der Waals surface area contributed by atoms with Crippen LogP contribution < -0.4 is 15.0 Å². The SMILES string of the molecule is COc1ccc(/C=C2\SC(=S)N(CCCCCC(=O)NNS(=O)(=O)c3ccc(C)cc3)C2=O)cc1. The summed E-state index contributed by atoms with van der Waals surface area (Å²) in [7, 11) is -2.22. The van der Waals surface area contributed by atoms with Crippen LogP contribution in [0.5, 0.6) is 5.75 Å². The number of amides is 2. The third-order valence-electron chi connectivity index (χ3n) is 5.23. The maximum atomic E-state index is 12.7. The number of carbonyl (C=O) groups is 2. The van der Waals surface area contributed by atoms with Crippen molar-refractivity contribution in [2.75, 3.05) is 13.7 Å². The molecule has 0 saturated carbocycles. The molecule has 0 radical (unpaired) electrons. The van der Waals surface area contributed by atoms with Crippen LogP contribution in [0.15, 0.2) is 58.3 Å². The van der Waals surface area contributed by atoms with Gasteiger partial charge in [-0.05, 0) is 55.7 Å². The van der Waals surface area contributed by atoms with E-state index in [1.807, 2.05) is 31.2 Å². The van der Waals surface area contributed by atoms with E-state index in [2.05, 4.69) is 10.3 Å². The summed E-state index contributed by atoms with van der Waals surface area (Å²) in [6, 6.07) is 13.7. The first-order valence-electron chi connectivity index (χ1n) is 11.0. The van der Waals surface area contributed by atoms with Crippen molar-refractivity contribution in [3.05, 3.63) is 64.6 Å². The molecule has 0 aromatic heterocycles. The van der Waals surface area contributed by atoms with Gasteiger partial charge >= 0.3 is 0 Å². The number of thioether (sulfide) groups is 1. The lowest BCUT2D eigenvalue weighted by Gasteiger charge is -2.14. The number of benzene rings is 2. The van der Waals surface area contributed by atoms with E-state index < -0.39 is 15.9 Å². The number of sulfonamides is 1. The van der Waals surface area contributed by atoms with Crippen LogP contribution in [-0.4, -0.2) is 43.1 Å². The van der Waals surface area contributed by atoms with Gasteiger partial charge < -0.3 is 4.74 Å². The number of rotatable bonds is 11. The molecule has 11 heteroatoms. The minimum atomic E-state index is -3.82. The van der Waals surface area contributed by atoms with Gasteiger partial charge in [0.1, 0.15) is 10.1 Å². The largest absolute Gasteiger partial charge is 0.497 e. The third-order valence-corrected chi connectivity index (χ3v) is 7.87. The van der Waals surface area contributed by atoms with Crippen molar-refractivity contribution in [1.82, 2.24) is 15.2 Å². The van der Waals surface area contributed by atoms with Gasteiger partial charge in [-0.15, -0.1) is 4.83 Å². The van der Waals surface area contributed by atoms with Crippen molar-refractivity contribution in [3.63, 3.8) is 0 Å². The maximum Gasteiger partial charge on any atom is 0.266 e. The molecule has 0 aliphatic carbocycles. The fraction of sp³-hybridized carbons (Fsp3) is 0.292. The number of thiocarbonyl (C=S) groups is 1. The highest BCUT2D eigenvalue weighted by Gasteiger charge is 2.31. The summed E-state index contributed by atoms with van der Waals surface area (Å²) in [5.41, 5.74) is 4.06. The fourth-order valence-corrected chi connectivity index (χ4v) is 5.41. The second-order valence-corrected chi connectivity index (χ2v) is 11.2. The molecule has 35 heavy (non-hydrogen) atoms. The molecule has 0 unspecified atom stereocenters. The van der Waals surface area contributed by atoms with Gasteiger partial charge in [0.05, 0.1) is 16.9 Å². The van der Waals surface area contributed by atoms with Crippen LogP contribution in [0, 0.1) is 6.92 Å². The Labute approximate surface area is 215 Å². The predicted molar refractivity (Wildman–Crippen MR) is 141 cm³/mol. The van der Waals surface area contributed by atoms with Gasteiger partial charge in [-0.2, -0.15) is 0 Å². The zero-order valence-electron chi connectivity index (χ0n) is 19.4. The van der Waals surface area contributed by atoms with E-state index in [-0.39, 0.29) is 17.2 Å². The van der Waals surface area contributed by atoms with Crippen molar-refractivity contribution in [1.29, 1.82) is 0 Å². The Morgan fingerprint density at radius 3 is 2.43 bits per heavy atom. The quantitative estimate of drug-likeness (QED) is 0.196. The molecule has 3 rings (SSSR count). The smallest absolute Gasteiger partial charge is 0.266 e. The van der Waals surface area contributed by atoms with Crippen LogP contribution in [0.1, 0.15) is 36.8 Å². The Morgan fingerprint density at radius 2 is 1.77 bits per heavy atom. The van der Waals surface area contributed by atoms with Gasteiger partial charge in [0, 0.05) is 13.0 Å². The lowest BCUT2D eigenvalue weighted by Crippen LogP contribution is -2.41. The normalized spacial score (nSPS) is 15.0. The van der Waals surface area contributed by atoms with Crippen molar-refractivity contribution in [3.8, 4) is 5.75 Å². The Hall–Kier alpha value is -2.73. The standard InChI is InChI=1S/C24H27N3O5S3/c1-17-7-13-20(14-8-17)35(30,31)26-25-22(28)6-4-3-5-15-27-23(29)21(34-24(27)33)16-18-9-11-19(32-2)12-10-18/h7-14,16,26H,3-6,15H2,1-2H3,(H,25,28)/b21-16-. The summed E-state index contributed by atoms with van der Waals surface area (Å²) in [4.78, 5) is 29.1. The third kappa shape index (κ3) is 7.63. The fourth-order valence-electron chi connectivity index (χ4n) is 3.24. The minimum absolute atomic E-state index is 0.0768. The highest BCUT2D eigenvalue weighted by atomic mass is 32.2. The summed E-state index contributed by atoms with van der Waals surface area (Å²) in [6.45, 7) is 2.32. The molecule has 0 atom stereocenters. The van der Waals surface area contributed by atoms with E-state index in [4.69, 9.17) is 17.0 Å². The van der Waals surface area contributed by atoms with Crippen molar-refractivity contribution < 1.29 is 22.7 Å². The molecule has 0 bridgehead atoms. The number of nitrogens with one attached hydrogen (secondary N) is 2. The second-order valence-electron chi connectivity index (χ2n) is 7.88. The minimum Gasteiger partial charge on any atom is -0.497 e. The summed E-state index contributed by atoms with van der Waals surface area (Å²) in [6.07, 6.45) is 3.87. The highest BCUT2D eigenvalue weighted by molar-refractivity contribution is 8.26. The molecule has 0 spiro atoms. The molecule has 2 amide bonds. The Morgan fingerprint density at radius 1 is 1.09 bits per heavy atom. The number of aryl methyl sites for hydroxylation is 1. The van der Waals surface area contributed by atoms with Crippen LogP contribution in [0.2, 0.25) is 0 Å². The van der Waals surface area contributed by atoms with Gasteiger partial charge in [-0.3, -0.25) is 19.9 Å². The monoisotopic (exact) mass is 533 g/mol. The van der Waals surface area contributed by atoms with Gasteiger partial charge in [0.2, 0.25) is 5.91 Å². The van der Waals surface area contributed by atoms with Crippen LogP contribution in [-0.2, 0) is 19.6 Å². The van der Waals surface area contributed by atoms with Crippen LogP contribution in [0.4, 0.5) is 0 Å². The first kappa shape index (κ1) is 26.9. The van der Waals surface area contributed by atoms with Gasteiger partial charge in [0.15, 0.2) is 0 Å². The van der Waals surface area contributed by atoms with Gasteiger partial charge in [-0.1, -0.05) is 60.2 Å². The second kappa shape index (κ2) is 12.3. The molecule has 2 aromatic carbocycles. The Kier molecular flexibility index (Phi) is 9.44. The number of unbranched alkanes of at least 4 members (excludes halogenated alkanes) is 2. The molecule has 8 nitrogen and oxygen atoms in total. The zero-order valence-corrected chi connectivity index (χ0v) is 21.9. The number of methoxy groups -OCH3 is 1. The molecule has 1 saturated heterocycles. The lowest BCUT2D eigenvalue weighted by molar-refractivity contribution is -0.123. The summed E-state index contributed by atoms with van der Waals surface area (Å²) in [5.74, 6) is 0.194. The average molecular weight is 534 g/mol. The molecule has 1 heterocycles. The van der Waals surface area contributed by atoms with Gasteiger partial charge in [0.25, 0.3) is 15.9 Å². The number of carbonyl (C=O) groups excluding carboxylic acids is 2. The van der Waals surface area contributed by atoms with E-state index in [0.717, 1.165) is 16.9 Å². The lowest BCUT2D eigenvalue weighted by atomic mass is 10.2. The van der Waals surface area contributed by atoms with E-state index in [0.29, 0.717) is 35.0 Å². The molecular formula is C24H27N3O5S3. The summed E-state index contributed by atoms with van der Waals surface area (Å²) < 4.78 is 30.1. The first-order valence-corrected chi connectivity index (χ1v) is 13.7. The van der Waals surface area contributed by atoms with Crippen molar-refractivity contribution >= 4 is 56.2 Å².